The molecule has 106 valence electrons. The predicted molar refractivity (Wildman–Crippen MR) is 77.8 cm³/mol. The number of nitrogens with one attached hydrogen (secondary N) is 1. The summed E-state index contributed by atoms with van der Waals surface area (Å²) in [6.45, 7) is 6.72. The maximum atomic E-state index is 13.5. The van der Waals surface area contributed by atoms with Gasteiger partial charge in [-0.3, -0.25) is 0 Å². The third-order valence-electron chi connectivity index (χ3n) is 4.13. The summed E-state index contributed by atoms with van der Waals surface area (Å²) in [6, 6.07) is 4.54. The van der Waals surface area contributed by atoms with Crippen LogP contribution in [0.5, 0.6) is 0 Å². The van der Waals surface area contributed by atoms with Gasteiger partial charge in [0.25, 0.3) is 0 Å². The molecule has 1 aliphatic heterocycles. The van der Waals surface area contributed by atoms with Gasteiger partial charge in [0.1, 0.15) is 5.82 Å². The van der Waals surface area contributed by atoms with Crippen LogP contribution in [-0.4, -0.2) is 31.1 Å². The lowest BCUT2D eigenvalue weighted by Crippen LogP contribution is -2.42. The van der Waals surface area contributed by atoms with Gasteiger partial charge in [0.15, 0.2) is 0 Å². The van der Waals surface area contributed by atoms with Gasteiger partial charge in [-0.15, -0.1) is 0 Å². The first kappa shape index (κ1) is 14.5. The van der Waals surface area contributed by atoms with Gasteiger partial charge in [0.2, 0.25) is 0 Å². The minimum atomic E-state index is -0.0734. The summed E-state index contributed by atoms with van der Waals surface area (Å²) in [5.74, 6) is -0.0734. The predicted octanol–water partition coefficient (Wildman–Crippen LogP) is 3.02. The molecule has 1 aliphatic rings. The van der Waals surface area contributed by atoms with E-state index in [0.29, 0.717) is 6.04 Å². The number of halogens is 1. The van der Waals surface area contributed by atoms with Crippen LogP contribution in [0, 0.1) is 19.7 Å². The van der Waals surface area contributed by atoms with Crippen LogP contribution in [0.15, 0.2) is 12.1 Å². The van der Waals surface area contributed by atoms with E-state index in [1.165, 1.54) is 31.4 Å². The smallest absolute Gasteiger partial charge is 0.129 e. The molecule has 1 N–H and O–H groups in total. The maximum absolute atomic E-state index is 13.5. The summed E-state index contributed by atoms with van der Waals surface area (Å²) in [5, 5.41) is 3.51. The minimum Gasteiger partial charge on any atom is -0.311 e. The van der Waals surface area contributed by atoms with Crippen LogP contribution in [0.25, 0.3) is 0 Å². The third kappa shape index (κ3) is 3.77. The van der Waals surface area contributed by atoms with Gasteiger partial charge in [-0.1, -0.05) is 18.6 Å². The van der Waals surface area contributed by atoms with Crippen molar-refractivity contribution in [3.05, 3.63) is 34.6 Å². The standard InChI is InChI=1S/C16H25FN2/c1-12-8-14(9-13(2)16(12)17)10-18-11-15-6-4-5-7-19(15)3/h8-9,15,18H,4-7,10-11H2,1-3H3. The van der Waals surface area contributed by atoms with E-state index in [4.69, 9.17) is 0 Å². The zero-order valence-electron chi connectivity index (χ0n) is 12.3. The zero-order chi connectivity index (χ0) is 13.8. The lowest BCUT2D eigenvalue weighted by molar-refractivity contribution is 0.181. The fourth-order valence-corrected chi connectivity index (χ4v) is 2.92. The number of hydrogen-bond acceptors (Lipinski definition) is 2. The molecule has 1 aromatic rings. The Hall–Kier alpha value is -0.930. The average Bonchev–Trinajstić information content (AvgIpc) is 2.38. The Morgan fingerprint density at radius 1 is 1.26 bits per heavy atom. The fraction of sp³-hybridized carbons (Fsp3) is 0.625. The van der Waals surface area contributed by atoms with E-state index in [0.717, 1.165) is 24.2 Å². The van der Waals surface area contributed by atoms with Gasteiger partial charge >= 0.3 is 0 Å². The molecule has 1 heterocycles. The van der Waals surface area contributed by atoms with Gasteiger partial charge in [0.05, 0.1) is 0 Å². The summed E-state index contributed by atoms with van der Waals surface area (Å²) in [7, 11) is 2.21. The quantitative estimate of drug-likeness (QED) is 0.899. The first-order chi connectivity index (χ1) is 9.08. The van der Waals surface area contributed by atoms with Crippen molar-refractivity contribution in [2.75, 3.05) is 20.1 Å². The number of aryl methyl sites for hydroxylation is 2. The number of likely N-dealkylation sites (tertiary alicyclic amines) is 1. The summed E-state index contributed by atoms with van der Waals surface area (Å²) >= 11 is 0. The number of likely N-dealkylation sites (N-methyl/N-ethyl adjacent to an activating group) is 1. The van der Waals surface area contributed by atoms with Gasteiger partial charge < -0.3 is 10.2 Å². The van der Waals surface area contributed by atoms with E-state index in [9.17, 15) is 4.39 Å². The average molecular weight is 264 g/mol. The van der Waals surface area contributed by atoms with Crippen LogP contribution in [-0.2, 0) is 6.54 Å². The lowest BCUT2D eigenvalue weighted by atomic mass is 10.0. The molecule has 1 atom stereocenters. The topological polar surface area (TPSA) is 15.3 Å². The first-order valence-corrected chi connectivity index (χ1v) is 7.24. The van der Waals surface area contributed by atoms with Crippen LogP contribution in [0.1, 0.15) is 36.0 Å². The highest BCUT2D eigenvalue weighted by molar-refractivity contribution is 5.30. The SMILES string of the molecule is Cc1cc(CNCC2CCCCN2C)cc(C)c1F. The molecule has 1 unspecified atom stereocenters. The summed E-state index contributed by atoms with van der Waals surface area (Å²) < 4.78 is 13.5. The lowest BCUT2D eigenvalue weighted by Gasteiger charge is -2.32. The number of nitrogens with zero attached hydrogens (tertiary/aromatic N) is 1. The van der Waals surface area contributed by atoms with E-state index in [2.05, 4.69) is 17.3 Å². The second-order valence-electron chi connectivity index (χ2n) is 5.80. The minimum absolute atomic E-state index is 0.0734. The molecule has 1 aromatic carbocycles. The van der Waals surface area contributed by atoms with E-state index in [1.54, 1.807) is 0 Å². The van der Waals surface area contributed by atoms with E-state index >= 15 is 0 Å². The Morgan fingerprint density at radius 2 is 1.95 bits per heavy atom. The highest BCUT2D eigenvalue weighted by atomic mass is 19.1. The van der Waals surface area contributed by atoms with Crippen molar-refractivity contribution in [2.24, 2.45) is 0 Å². The Balaban J connectivity index is 1.85. The molecule has 0 aromatic heterocycles. The Morgan fingerprint density at radius 3 is 2.58 bits per heavy atom. The van der Waals surface area contributed by atoms with Crippen molar-refractivity contribution in [2.45, 2.75) is 45.7 Å². The maximum Gasteiger partial charge on any atom is 0.129 e. The summed E-state index contributed by atoms with van der Waals surface area (Å²) in [6.07, 6.45) is 3.94. The normalized spacial score (nSPS) is 20.7. The van der Waals surface area contributed by atoms with Crippen molar-refractivity contribution < 1.29 is 4.39 Å². The molecule has 0 saturated carbocycles. The summed E-state index contributed by atoms with van der Waals surface area (Å²) in [4.78, 5) is 2.44. The first-order valence-electron chi connectivity index (χ1n) is 7.24. The van der Waals surface area contributed by atoms with Crippen molar-refractivity contribution in [1.29, 1.82) is 0 Å². The van der Waals surface area contributed by atoms with Crippen molar-refractivity contribution in [3.8, 4) is 0 Å². The molecule has 1 saturated heterocycles. The van der Waals surface area contributed by atoms with E-state index in [1.807, 2.05) is 26.0 Å². The number of benzene rings is 1. The second-order valence-corrected chi connectivity index (χ2v) is 5.80. The number of piperidine rings is 1. The Kier molecular flexibility index (Phi) is 4.94. The van der Waals surface area contributed by atoms with Gasteiger partial charge in [-0.25, -0.2) is 4.39 Å². The molecule has 2 nitrogen and oxygen atoms in total. The molecule has 19 heavy (non-hydrogen) atoms. The van der Waals surface area contributed by atoms with Crippen LogP contribution >= 0.6 is 0 Å². The van der Waals surface area contributed by atoms with Crippen LogP contribution in [0.2, 0.25) is 0 Å². The molecule has 0 amide bonds. The van der Waals surface area contributed by atoms with Crippen molar-refractivity contribution in [3.63, 3.8) is 0 Å². The zero-order valence-corrected chi connectivity index (χ0v) is 12.3. The van der Waals surface area contributed by atoms with Crippen molar-refractivity contribution >= 4 is 0 Å². The fourth-order valence-electron chi connectivity index (χ4n) is 2.92. The van der Waals surface area contributed by atoms with Crippen molar-refractivity contribution in [1.82, 2.24) is 10.2 Å². The summed E-state index contributed by atoms with van der Waals surface area (Å²) in [5.41, 5.74) is 2.66. The van der Waals surface area contributed by atoms with Crippen LogP contribution < -0.4 is 5.32 Å². The Labute approximate surface area is 116 Å². The van der Waals surface area contributed by atoms with Crippen LogP contribution in [0.3, 0.4) is 0 Å². The van der Waals surface area contributed by atoms with Gasteiger partial charge in [-0.05, 0) is 57.0 Å². The number of rotatable bonds is 4. The highest BCUT2D eigenvalue weighted by Gasteiger charge is 2.17. The molecule has 0 bridgehead atoms. The monoisotopic (exact) mass is 264 g/mol. The molecule has 0 aliphatic carbocycles. The largest absolute Gasteiger partial charge is 0.311 e. The van der Waals surface area contributed by atoms with Gasteiger partial charge in [-0.2, -0.15) is 0 Å². The molecular formula is C16H25FN2. The van der Waals surface area contributed by atoms with Gasteiger partial charge in [0, 0.05) is 19.1 Å². The van der Waals surface area contributed by atoms with E-state index in [-0.39, 0.29) is 5.82 Å². The molecule has 0 spiro atoms. The molecule has 0 radical (unpaired) electrons. The highest BCUT2D eigenvalue weighted by Crippen LogP contribution is 2.16. The number of hydrogen-bond donors (Lipinski definition) is 1. The Bertz CT molecular complexity index is 408. The van der Waals surface area contributed by atoms with E-state index < -0.39 is 0 Å². The third-order valence-corrected chi connectivity index (χ3v) is 4.13. The molecule has 3 heteroatoms. The molecule has 2 rings (SSSR count). The second kappa shape index (κ2) is 6.49. The molecule has 1 fully saturated rings. The van der Waals surface area contributed by atoms with Crippen LogP contribution in [0.4, 0.5) is 4.39 Å². The molecular weight excluding hydrogens is 239 g/mol.